The second kappa shape index (κ2) is 7.20. The zero-order valence-corrected chi connectivity index (χ0v) is 12.6. The van der Waals surface area contributed by atoms with E-state index in [0.717, 1.165) is 12.1 Å². The first kappa shape index (κ1) is 14.8. The quantitative estimate of drug-likeness (QED) is 0.768. The molecule has 116 valence electrons. The number of esters is 1. The first-order valence-electron chi connectivity index (χ1n) is 7.93. The predicted octanol–water partition coefficient (Wildman–Crippen LogP) is 3.28. The van der Waals surface area contributed by atoms with Crippen LogP contribution in [0.25, 0.3) is 5.69 Å². The number of carbonyl (C=O) groups is 1. The minimum atomic E-state index is -0.150. The van der Waals surface area contributed by atoms with E-state index in [1.54, 1.807) is 11.0 Å². The van der Waals surface area contributed by atoms with Gasteiger partial charge in [0.15, 0.2) is 12.4 Å². The second-order valence-corrected chi connectivity index (χ2v) is 5.79. The number of aromatic nitrogens is 3. The Hall–Kier alpha value is -2.17. The van der Waals surface area contributed by atoms with E-state index in [-0.39, 0.29) is 12.6 Å². The monoisotopic (exact) mass is 299 g/mol. The second-order valence-electron chi connectivity index (χ2n) is 5.79. The number of hydrogen-bond acceptors (Lipinski definition) is 4. The molecule has 2 aromatic rings. The molecule has 0 aliphatic heterocycles. The van der Waals surface area contributed by atoms with Crippen molar-refractivity contribution in [2.75, 3.05) is 0 Å². The predicted molar refractivity (Wildman–Crippen MR) is 82.3 cm³/mol. The topological polar surface area (TPSA) is 57.0 Å². The van der Waals surface area contributed by atoms with Gasteiger partial charge in [-0.25, -0.2) is 9.67 Å². The van der Waals surface area contributed by atoms with Gasteiger partial charge in [-0.05, 0) is 24.5 Å². The summed E-state index contributed by atoms with van der Waals surface area (Å²) in [6, 6.07) is 9.74. The highest BCUT2D eigenvalue weighted by Gasteiger charge is 2.16. The molecule has 0 atom stereocenters. The van der Waals surface area contributed by atoms with Gasteiger partial charge in [-0.1, -0.05) is 43.9 Å². The van der Waals surface area contributed by atoms with Crippen LogP contribution in [0.4, 0.5) is 0 Å². The van der Waals surface area contributed by atoms with Crippen molar-refractivity contribution < 1.29 is 9.53 Å². The molecule has 1 aromatic heterocycles. The third-order valence-electron chi connectivity index (χ3n) is 4.15. The molecule has 22 heavy (non-hydrogen) atoms. The minimum absolute atomic E-state index is 0.142. The van der Waals surface area contributed by atoms with Crippen LogP contribution in [-0.2, 0) is 16.1 Å². The highest BCUT2D eigenvalue weighted by molar-refractivity contribution is 5.69. The highest BCUT2D eigenvalue weighted by atomic mass is 16.5. The van der Waals surface area contributed by atoms with E-state index >= 15 is 0 Å². The Morgan fingerprint density at radius 2 is 2.00 bits per heavy atom. The maximum Gasteiger partial charge on any atom is 0.306 e. The lowest BCUT2D eigenvalue weighted by atomic mass is 10.0. The van der Waals surface area contributed by atoms with Crippen molar-refractivity contribution in [3.63, 3.8) is 0 Å². The Kier molecular flexibility index (Phi) is 4.83. The average molecular weight is 299 g/mol. The summed E-state index contributed by atoms with van der Waals surface area (Å²) < 4.78 is 6.94. The van der Waals surface area contributed by atoms with E-state index in [1.165, 1.54) is 25.7 Å². The van der Waals surface area contributed by atoms with Gasteiger partial charge >= 0.3 is 5.97 Å². The summed E-state index contributed by atoms with van der Waals surface area (Å²) in [6.45, 7) is 0.142. The van der Waals surface area contributed by atoms with Gasteiger partial charge in [0.25, 0.3) is 0 Å². The van der Waals surface area contributed by atoms with E-state index in [4.69, 9.17) is 4.74 Å². The zero-order valence-electron chi connectivity index (χ0n) is 12.6. The number of ether oxygens (including phenoxy) is 1. The maximum absolute atomic E-state index is 11.8. The Labute approximate surface area is 130 Å². The van der Waals surface area contributed by atoms with Crippen LogP contribution in [-0.4, -0.2) is 20.7 Å². The minimum Gasteiger partial charge on any atom is -0.457 e. The summed E-state index contributed by atoms with van der Waals surface area (Å²) in [5, 5.41) is 4.32. The summed E-state index contributed by atoms with van der Waals surface area (Å²) >= 11 is 0. The van der Waals surface area contributed by atoms with Gasteiger partial charge in [-0.3, -0.25) is 4.79 Å². The molecule has 5 nitrogen and oxygen atoms in total. The number of para-hydroxylation sites is 1. The molecule has 1 aliphatic carbocycles. The summed E-state index contributed by atoms with van der Waals surface area (Å²) in [4.78, 5) is 15.9. The van der Waals surface area contributed by atoms with Crippen LogP contribution in [0, 0.1) is 5.92 Å². The van der Waals surface area contributed by atoms with Gasteiger partial charge in [0, 0.05) is 6.42 Å². The number of carbonyl (C=O) groups excluding carboxylic acids is 1. The molecule has 1 aliphatic rings. The molecule has 3 rings (SSSR count). The molecule has 1 saturated carbocycles. The van der Waals surface area contributed by atoms with Crippen LogP contribution in [0.5, 0.6) is 0 Å². The first-order chi connectivity index (χ1) is 10.8. The van der Waals surface area contributed by atoms with Crippen LogP contribution in [0.15, 0.2) is 36.7 Å². The van der Waals surface area contributed by atoms with Crippen molar-refractivity contribution in [1.29, 1.82) is 0 Å². The van der Waals surface area contributed by atoms with Crippen LogP contribution < -0.4 is 0 Å². The van der Waals surface area contributed by atoms with Gasteiger partial charge in [0.1, 0.15) is 6.33 Å². The summed E-state index contributed by atoms with van der Waals surface area (Å²) in [5.74, 6) is 1.09. The molecule has 0 unspecified atom stereocenters. The van der Waals surface area contributed by atoms with Crippen molar-refractivity contribution in [3.8, 4) is 5.69 Å². The molecule has 1 heterocycles. The lowest BCUT2D eigenvalue weighted by Gasteiger charge is -2.07. The number of nitrogens with zero attached hydrogens (tertiary/aromatic N) is 3. The van der Waals surface area contributed by atoms with Gasteiger partial charge in [0.05, 0.1) is 5.69 Å². The van der Waals surface area contributed by atoms with Gasteiger partial charge in [-0.2, -0.15) is 0 Å². The van der Waals surface area contributed by atoms with Crippen molar-refractivity contribution in [2.24, 2.45) is 5.92 Å². The van der Waals surface area contributed by atoms with E-state index in [9.17, 15) is 4.79 Å². The largest absolute Gasteiger partial charge is 0.457 e. The molecule has 0 bridgehead atoms. The standard InChI is InChI=1S/C17H21N3O2/c21-17(11-10-14-6-4-5-7-14)22-12-16-18-13-20(19-16)15-8-2-1-3-9-15/h1-3,8-9,13-14H,4-7,10-12H2. The highest BCUT2D eigenvalue weighted by Crippen LogP contribution is 2.28. The van der Waals surface area contributed by atoms with Crippen LogP contribution in [0.1, 0.15) is 44.3 Å². The first-order valence-corrected chi connectivity index (χ1v) is 7.93. The van der Waals surface area contributed by atoms with E-state index < -0.39 is 0 Å². The fraction of sp³-hybridized carbons (Fsp3) is 0.471. The fourth-order valence-electron chi connectivity index (χ4n) is 2.91. The fourth-order valence-corrected chi connectivity index (χ4v) is 2.91. The van der Waals surface area contributed by atoms with Gasteiger partial charge in [0.2, 0.25) is 0 Å². The third kappa shape index (κ3) is 3.93. The van der Waals surface area contributed by atoms with Crippen LogP contribution in [0.2, 0.25) is 0 Å². The Bertz CT molecular complexity index is 603. The normalized spacial score (nSPS) is 15.1. The number of rotatable bonds is 6. The van der Waals surface area contributed by atoms with Gasteiger partial charge < -0.3 is 4.74 Å². The van der Waals surface area contributed by atoms with Gasteiger partial charge in [-0.15, -0.1) is 5.10 Å². The average Bonchev–Trinajstić information content (AvgIpc) is 3.23. The number of hydrogen-bond donors (Lipinski definition) is 0. The third-order valence-corrected chi connectivity index (χ3v) is 4.15. The molecular weight excluding hydrogens is 278 g/mol. The molecule has 1 aromatic carbocycles. The molecule has 0 amide bonds. The molecule has 0 saturated heterocycles. The Balaban J connectivity index is 1.45. The summed E-state index contributed by atoms with van der Waals surface area (Å²) in [7, 11) is 0. The Morgan fingerprint density at radius 1 is 1.23 bits per heavy atom. The number of benzene rings is 1. The van der Waals surface area contributed by atoms with Crippen molar-refractivity contribution >= 4 is 5.97 Å². The Morgan fingerprint density at radius 3 is 2.77 bits per heavy atom. The molecule has 1 fully saturated rings. The molecule has 0 spiro atoms. The van der Waals surface area contributed by atoms with E-state index in [1.807, 2.05) is 30.3 Å². The zero-order chi connectivity index (χ0) is 15.2. The van der Waals surface area contributed by atoms with Crippen molar-refractivity contribution in [1.82, 2.24) is 14.8 Å². The van der Waals surface area contributed by atoms with Crippen LogP contribution >= 0.6 is 0 Å². The van der Waals surface area contributed by atoms with Crippen molar-refractivity contribution in [2.45, 2.75) is 45.1 Å². The van der Waals surface area contributed by atoms with E-state index in [2.05, 4.69) is 10.1 Å². The lowest BCUT2D eigenvalue weighted by Crippen LogP contribution is -2.08. The summed E-state index contributed by atoms with van der Waals surface area (Å²) in [6.07, 6.45) is 8.22. The molecular formula is C17H21N3O2. The smallest absolute Gasteiger partial charge is 0.306 e. The molecule has 5 heteroatoms. The molecule has 0 radical (unpaired) electrons. The van der Waals surface area contributed by atoms with E-state index in [0.29, 0.717) is 18.2 Å². The molecule has 0 N–H and O–H groups in total. The SMILES string of the molecule is O=C(CCC1CCCC1)OCc1ncn(-c2ccccc2)n1. The van der Waals surface area contributed by atoms with Crippen LogP contribution in [0.3, 0.4) is 0 Å². The maximum atomic E-state index is 11.8. The lowest BCUT2D eigenvalue weighted by molar-refractivity contribution is -0.145. The summed E-state index contributed by atoms with van der Waals surface area (Å²) in [5.41, 5.74) is 0.939. The van der Waals surface area contributed by atoms with Crippen molar-refractivity contribution in [3.05, 3.63) is 42.5 Å².